The Morgan fingerprint density at radius 1 is 1.00 bits per heavy atom. The SMILES string of the molecule is Cc1occ(C(=O)O[C@@H](Cc2ccccc2)C(=O)C(N)=O)c1-c1ccccc1. The molecule has 3 rings (SSSR count). The predicted octanol–water partition coefficient (Wildman–Crippen LogP) is 3.08. The largest absolute Gasteiger partial charge is 0.468 e. The van der Waals surface area contributed by atoms with Crippen molar-refractivity contribution >= 4 is 17.7 Å². The first-order valence-electron chi connectivity index (χ1n) is 8.69. The highest BCUT2D eigenvalue weighted by Gasteiger charge is 2.30. The van der Waals surface area contributed by atoms with Crippen LogP contribution in [0.4, 0.5) is 0 Å². The minimum Gasteiger partial charge on any atom is -0.468 e. The monoisotopic (exact) mass is 377 g/mol. The van der Waals surface area contributed by atoms with E-state index in [0.29, 0.717) is 11.3 Å². The molecule has 0 unspecified atom stereocenters. The van der Waals surface area contributed by atoms with Gasteiger partial charge in [-0.15, -0.1) is 0 Å². The molecule has 6 nitrogen and oxygen atoms in total. The van der Waals surface area contributed by atoms with Crippen LogP contribution in [0, 0.1) is 6.92 Å². The number of ether oxygens (including phenoxy) is 1. The van der Waals surface area contributed by atoms with Crippen LogP contribution in [-0.2, 0) is 20.7 Å². The molecular formula is C22H19NO5. The molecule has 0 saturated heterocycles. The van der Waals surface area contributed by atoms with Crippen molar-refractivity contribution in [2.45, 2.75) is 19.4 Å². The van der Waals surface area contributed by atoms with Crippen molar-refractivity contribution in [3.05, 3.63) is 83.8 Å². The number of carbonyl (C=O) groups excluding carboxylic acids is 3. The Morgan fingerprint density at radius 3 is 2.21 bits per heavy atom. The van der Waals surface area contributed by atoms with Crippen LogP contribution in [0.2, 0.25) is 0 Å². The number of esters is 1. The Balaban J connectivity index is 1.89. The van der Waals surface area contributed by atoms with Crippen molar-refractivity contribution in [3.8, 4) is 11.1 Å². The van der Waals surface area contributed by atoms with Crippen LogP contribution < -0.4 is 5.73 Å². The second-order valence-corrected chi connectivity index (χ2v) is 6.26. The first kappa shape index (κ1) is 19.1. The number of amides is 1. The minimum absolute atomic E-state index is 0.0475. The zero-order chi connectivity index (χ0) is 20.1. The zero-order valence-electron chi connectivity index (χ0n) is 15.3. The molecule has 6 heteroatoms. The second-order valence-electron chi connectivity index (χ2n) is 6.26. The highest BCUT2D eigenvalue weighted by molar-refractivity contribution is 6.37. The highest BCUT2D eigenvalue weighted by atomic mass is 16.5. The topological polar surface area (TPSA) is 99.6 Å². The Bertz CT molecular complexity index is 992. The van der Waals surface area contributed by atoms with E-state index in [0.717, 1.165) is 11.1 Å². The molecule has 0 bridgehead atoms. The van der Waals surface area contributed by atoms with E-state index in [1.165, 1.54) is 6.26 Å². The maximum Gasteiger partial charge on any atom is 0.342 e. The Labute approximate surface area is 161 Å². The van der Waals surface area contributed by atoms with Gasteiger partial charge in [-0.05, 0) is 18.1 Å². The van der Waals surface area contributed by atoms with Crippen LogP contribution in [0.3, 0.4) is 0 Å². The fourth-order valence-electron chi connectivity index (χ4n) is 2.94. The standard InChI is InChI=1S/C22H19NO5/c1-14-19(16-10-6-3-7-11-16)17(13-27-14)22(26)28-18(20(24)21(23)25)12-15-8-4-2-5-9-15/h2-11,13,18H,12H2,1H3,(H2,23,25)/t18-/m0/s1. The number of ketones is 1. The van der Waals surface area contributed by atoms with Crippen molar-refractivity contribution in [2.75, 3.05) is 0 Å². The third kappa shape index (κ3) is 4.17. The molecule has 2 N–H and O–H groups in total. The van der Waals surface area contributed by atoms with Gasteiger partial charge in [0.2, 0.25) is 0 Å². The van der Waals surface area contributed by atoms with E-state index in [2.05, 4.69) is 0 Å². The van der Waals surface area contributed by atoms with Crippen molar-refractivity contribution in [1.29, 1.82) is 0 Å². The van der Waals surface area contributed by atoms with Crippen molar-refractivity contribution < 1.29 is 23.5 Å². The van der Waals surface area contributed by atoms with E-state index < -0.39 is 23.8 Å². The summed E-state index contributed by atoms with van der Waals surface area (Å²) >= 11 is 0. The molecule has 0 radical (unpaired) electrons. The molecule has 1 aromatic heterocycles. The summed E-state index contributed by atoms with van der Waals surface area (Å²) in [6, 6.07) is 18.1. The molecule has 142 valence electrons. The van der Waals surface area contributed by atoms with Crippen molar-refractivity contribution in [3.63, 3.8) is 0 Å². The van der Waals surface area contributed by atoms with Crippen LogP contribution in [-0.4, -0.2) is 23.8 Å². The molecular weight excluding hydrogens is 358 g/mol. The molecule has 0 aliphatic carbocycles. The van der Waals surface area contributed by atoms with Gasteiger partial charge in [0.15, 0.2) is 6.10 Å². The average molecular weight is 377 g/mol. The normalized spacial score (nSPS) is 11.6. The summed E-state index contributed by atoms with van der Waals surface area (Å²) in [5, 5.41) is 0. The molecule has 0 aliphatic heterocycles. The molecule has 1 atom stereocenters. The van der Waals surface area contributed by atoms with E-state index in [1.807, 2.05) is 36.4 Å². The third-order valence-corrected chi connectivity index (χ3v) is 4.31. The van der Waals surface area contributed by atoms with Gasteiger partial charge in [0.05, 0.1) is 0 Å². The van der Waals surface area contributed by atoms with E-state index in [4.69, 9.17) is 14.9 Å². The lowest BCUT2D eigenvalue weighted by atomic mass is 10.0. The minimum atomic E-state index is -1.31. The van der Waals surface area contributed by atoms with Crippen LogP contribution in [0.5, 0.6) is 0 Å². The van der Waals surface area contributed by atoms with Gasteiger partial charge in [-0.2, -0.15) is 0 Å². The van der Waals surface area contributed by atoms with Gasteiger partial charge >= 0.3 is 5.97 Å². The van der Waals surface area contributed by atoms with Gasteiger partial charge < -0.3 is 14.9 Å². The van der Waals surface area contributed by atoms with Crippen LogP contribution >= 0.6 is 0 Å². The van der Waals surface area contributed by atoms with Gasteiger partial charge in [-0.25, -0.2) is 4.79 Å². The number of carbonyl (C=O) groups is 3. The number of primary amides is 1. The van der Waals surface area contributed by atoms with Crippen LogP contribution in [0.15, 0.2) is 71.3 Å². The second kappa shape index (κ2) is 8.35. The zero-order valence-corrected chi connectivity index (χ0v) is 15.3. The van der Waals surface area contributed by atoms with Crippen LogP contribution in [0.1, 0.15) is 21.7 Å². The Kier molecular flexibility index (Phi) is 5.69. The summed E-state index contributed by atoms with van der Waals surface area (Å²) in [7, 11) is 0. The lowest BCUT2D eigenvalue weighted by molar-refractivity contribution is -0.141. The van der Waals surface area contributed by atoms with E-state index in [1.54, 1.807) is 31.2 Å². The number of benzene rings is 2. The summed E-state index contributed by atoms with van der Waals surface area (Å²) < 4.78 is 10.8. The number of nitrogens with two attached hydrogens (primary N) is 1. The molecule has 3 aromatic rings. The lowest BCUT2D eigenvalue weighted by Crippen LogP contribution is -2.38. The maximum absolute atomic E-state index is 12.8. The Morgan fingerprint density at radius 2 is 1.61 bits per heavy atom. The Hall–Kier alpha value is -3.67. The van der Waals surface area contributed by atoms with Gasteiger partial charge in [0.25, 0.3) is 11.7 Å². The smallest absolute Gasteiger partial charge is 0.342 e. The fraction of sp³-hybridized carbons (Fsp3) is 0.136. The summed E-state index contributed by atoms with van der Waals surface area (Å²) in [5.41, 5.74) is 7.41. The number of rotatable bonds is 7. The molecule has 0 aliphatic rings. The molecule has 0 saturated carbocycles. The first-order valence-corrected chi connectivity index (χ1v) is 8.69. The van der Waals surface area contributed by atoms with E-state index in [9.17, 15) is 14.4 Å². The summed E-state index contributed by atoms with van der Waals surface area (Å²) in [6.45, 7) is 1.73. The van der Waals surface area contributed by atoms with E-state index in [-0.39, 0.29) is 12.0 Å². The molecule has 0 fully saturated rings. The van der Waals surface area contributed by atoms with Crippen LogP contribution in [0.25, 0.3) is 11.1 Å². The summed E-state index contributed by atoms with van der Waals surface area (Å²) in [4.78, 5) is 36.4. The number of Topliss-reactive ketones (excluding diaryl/α,β-unsaturated/α-hetero) is 1. The highest BCUT2D eigenvalue weighted by Crippen LogP contribution is 2.30. The number of furan rings is 1. The van der Waals surface area contributed by atoms with Gasteiger partial charge in [-0.3, -0.25) is 9.59 Å². The molecule has 2 aromatic carbocycles. The van der Waals surface area contributed by atoms with Crippen molar-refractivity contribution in [2.24, 2.45) is 5.73 Å². The van der Waals surface area contributed by atoms with E-state index >= 15 is 0 Å². The fourth-order valence-corrected chi connectivity index (χ4v) is 2.94. The third-order valence-electron chi connectivity index (χ3n) is 4.31. The molecule has 1 heterocycles. The molecule has 28 heavy (non-hydrogen) atoms. The van der Waals surface area contributed by atoms with Gasteiger partial charge in [0.1, 0.15) is 17.6 Å². The van der Waals surface area contributed by atoms with Gasteiger partial charge in [0, 0.05) is 12.0 Å². The predicted molar refractivity (Wildman–Crippen MR) is 102 cm³/mol. The van der Waals surface area contributed by atoms with Crippen molar-refractivity contribution in [1.82, 2.24) is 0 Å². The quantitative estimate of drug-likeness (QED) is 0.504. The summed E-state index contributed by atoms with van der Waals surface area (Å²) in [6.07, 6.45) is 0.0198. The first-order chi connectivity index (χ1) is 13.5. The maximum atomic E-state index is 12.8. The number of hydrogen-bond donors (Lipinski definition) is 1. The average Bonchev–Trinajstić information content (AvgIpc) is 3.09. The number of hydrogen-bond acceptors (Lipinski definition) is 5. The number of aryl methyl sites for hydroxylation is 1. The van der Waals surface area contributed by atoms with Gasteiger partial charge in [-0.1, -0.05) is 60.7 Å². The molecule has 1 amide bonds. The molecule has 0 spiro atoms. The lowest BCUT2D eigenvalue weighted by Gasteiger charge is -2.15. The summed E-state index contributed by atoms with van der Waals surface area (Å²) in [5.74, 6) is -2.33.